The summed E-state index contributed by atoms with van der Waals surface area (Å²) >= 11 is 0. The summed E-state index contributed by atoms with van der Waals surface area (Å²) in [5.41, 5.74) is 1.25. The number of allylic oxidation sites excluding steroid dienone is 2. The Balaban J connectivity index is 2.36. The number of unbranched alkanes of at least 4 members (excludes halogenated alkanes) is 3. The van der Waals surface area contributed by atoms with Crippen LogP contribution in [-0.4, -0.2) is 12.9 Å². The average molecular weight is 274 g/mol. The second kappa shape index (κ2) is 11.3. The number of hydrogen-bond donors (Lipinski definition) is 0. The summed E-state index contributed by atoms with van der Waals surface area (Å²) in [5.74, 6) is 1.01. The number of aryl methyl sites for hydroxylation is 1. The molecule has 0 unspecified atom stereocenters. The molecule has 0 fully saturated rings. The van der Waals surface area contributed by atoms with Gasteiger partial charge in [0.1, 0.15) is 12.0 Å². The summed E-state index contributed by atoms with van der Waals surface area (Å²) in [6.07, 6.45) is 12.2. The number of aldehydes is 1. The maximum atomic E-state index is 10.2. The lowest BCUT2D eigenvalue weighted by Gasteiger charge is -2.10. The highest BCUT2D eigenvalue weighted by atomic mass is 16.5. The zero-order valence-electron chi connectivity index (χ0n) is 12.5. The van der Waals surface area contributed by atoms with Crippen LogP contribution in [0, 0.1) is 0 Å². The van der Waals surface area contributed by atoms with Gasteiger partial charge in [0.05, 0.1) is 6.61 Å². The molecule has 110 valence electrons. The second-order valence-corrected chi connectivity index (χ2v) is 4.93. The zero-order chi connectivity index (χ0) is 14.5. The molecule has 1 aromatic rings. The summed E-state index contributed by atoms with van der Waals surface area (Å²) < 4.78 is 5.88. The maximum Gasteiger partial charge on any atom is 0.123 e. The first-order valence-corrected chi connectivity index (χ1v) is 7.67. The lowest BCUT2D eigenvalue weighted by atomic mass is 10.1. The van der Waals surface area contributed by atoms with Crippen molar-refractivity contribution in [3.8, 4) is 5.75 Å². The van der Waals surface area contributed by atoms with Gasteiger partial charge in [0, 0.05) is 6.42 Å². The first-order chi connectivity index (χ1) is 9.88. The van der Waals surface area contributed by atoms with Crippen molar-refractivity contribution in [3.05, 3.63) is 42.0 Å². The molecule has 20 heavy (non-hydrogen) atoms. The highest BCUT2D eigenvalue weighted by molar-refractivity contribution is 5.51. The maximum absolute atomic E-state index is 10.2. The topological polar surface area (TPSA) is 26.3 Å². The Hall–Kier alpha value is -1.57. The fraction of sp³-hybridized carbons (Fsp3) is 0.500. The minimum absolute atomic E-state index is 0.509. The van der Waals surface area contributed by atoms with E-state index in [1.165, 1.54) is 24.8 Å². The van der Waals surface area contributed by atoms with E-state index < -0.39 is 0 Å². The Morgan fingerprint density at radius 2 is 1.95 bits per heavy atom. The summed E-state index contributed by atoms with van der Waals surface area (Å²) in [7, 11) is 0. The highest BCUT2D eigenvalue weighted by Gasteiger charge is 2.01. The average Bonchev–Trinajstić information content (AvgIpc) is 2.48. The molecule has 0 amide bonds. The van der Waals surface area contributed by atoms with E-state index in [0.29, 0.717) is 6.42 Å². The van der Waals surface area contributed by atoms with E-state index in [2.05, 4.69) is 25.1 Å². The van der Waals surface area contributed by atoms with Gasteiger partial charge in [0.15, 0.2) is 0 Å². The van der Waals surface area contributed by atoms with E-state index in [4.69, 9.17) is 4.74 Å². The molecule has 0 radical (unpaired) electrons. The molecule has 0 saturated heterocycles. The summed E-state index contributed by atoms with van der Waals surface area (Å²) in [4.78, 5) is 10.2. The third-order valence-corrected chi connectivity index (χ3v) is 3.21. The van der Waals surface area contributed by atoms with E-state index in [1.807, 2.05) is 18.2 Å². The molecule has 2 nitrogen and oxygen atoms in total. The first-order valence-electron chi connectivity index (χ1n) is 7.67. The number of carbonyl (C=O) groups excluding carboxylic acids is 1. The molecule has 0 spiro atoms. The van der Waals surface area contributed by atoms with Crippen LogP contribution in [0.15, 0.2) is 36.4 Å². The number of carbonyl (C=O) groups is 1. The quantitative estimate of drug-likeness (QED) is 0.331. The predicted octanol–water partition coefficient (Wildman–Crippen LogP) is 4.72. The Morgan fingerprint density at radius 1 is 1.10 bits per heavy atom. The van der Waals surface area contributed by atoms with Crippen LogP contribution in [-0.2, 0) is 11.2 Å². The Labute approximate surface area is 122 Å². The fourth-order valence-corrected chi connectivity index (χ4v) is 2.07. The molecule has 2 heteroatoms. The first kappa shape index (κ1) is 16.5. The second-order valence-electron chi connectivity index (χ2n) is 4.93. The zero-order valence-corrected chi connectivity index (χ0v) is 12.5. The van der Waals surface area contributed by atoms with Gasteiger partial charge in [0.25, 0.3) is 0 Å². The van der Waals surface area contributed by atoms with Crippen LogP contribution in [0.1, 0.15) is 51.0 Å². The van der Waals surface area contributed by atoms with Crippen molar-refractivity contribution in [1.82, 2.24) is 0 Å². The molecule has 1 aromatic carbocycles. The molecule has 1 rings (SSSR count). The molecule has 0 N–H and O–H groups in total. The van der Waals surface area contributed by atoms with Gasteiger partial charge in [-0.05, 0) is 30.9 Å². The normalized spacial score (nSPS) is 10.8. The smallest absolute Gasteiger partial charge is 0.123 e. The molecule has 0 aliphatic carbocycles. The molecular formula is C18H26O2. The standard InChI is InChI=1S/C18H26O2/c1-2-3-4-11-16-20-18-14-9-8-13-17(18)12-7-5-6-10-15-19/h5-6,8-9,13-15H,2-4,7,10-12,16H2,1H3. The Bertz CT molecular complexity index is 396. The van der Waals surface area contributed by atoms with E-state index in [0.717, 1.165) is 37.9 Å². The molecule has 0 bridgehead atoms. The van der Waals surface area contributed by atoms with Gasteiger partial charge in [-0.1, -0.05) is 56.5 Å². The van der Waals surface area contributed by atoms with Crippen molar-refractivity contribution in [3.63, 3.8) is 0 Å². The van der Waals surface area contributed by atoms with E-state index in [-0.39, 0.29) is 0 Å². The van der Waals surface area contributed by atoms with Crippen molar-refractivity contribution >= 4 is 6.29 Å². The minimum atomic E-state index is 0.509. The number of rotatable bonds is 11. The third kappa shape index (κ3) is 7.13. The largest absolute Gasteiger partial charge is 0.493 e. The summed E-state index contributed by atoms with van der Waals surface area (Å²) in [5, 5.41) is 0. The number of hydrogen-bond acceptors (Lipinski definition) is 2. The van der Waals surface area contributed by atoms with Crippen molar-refractivity contribution in [2.24, 2.45) is 0 Å². The number of ether oxygens (including phenoxy) is 1. The van der Waals surface area contributed by atoms with Gasteiger partial charge in [-0.15, -0.1) is 0 Å². The van der Waals surface area contributed by atoms with E-state index in [9.17, 15) is 4.79 Å². The van der Waals surface area contributed by atoms with Crippen LogP contribution in [0.5, 0.6) is 5.75 Å². The van der Waals surface area contributed by atoms with Gasteiger partial charge in [-0.25, -0.2) is 0 Å². The van der Waals surface area contributed by atoms with E-state index in [1.54, 1.807) is 0 Å². The third-order valence-electron chi connectivity index (χ3n) is 3.21. The van der Waals surface area contributed by atoms with Gasteiger partial charge in [-0.2, -0.15) is 0 Å². The molecule has 0 aliphatic rings. The van der Waals surface area contributed by atoms with Crippen LogP contribution in [0.25, 0.3) is 0 Å². The van der Waals surface area contributed by atoms with Crippen molar-refractivity contribution < 1.29 is 9.53 Å². The van der Waals surface area contributed by atoms with Gasteiger partial charge < -0.3 is 9.53 Å². The molecule has 0 aromatic heterocycles. The van der Waals surface area contributed by atoms with Gasteiger partial charge >= 0.3 is 0 Å². The number of benzene rings is 1. The Morgan fingerprint density at radius 3 is 2.75 bits per heavy atom. The molecule has 0 saturated carbocycles. The Kier molecular flexibility index (Phi) is 9.29. The van der Waals surface area contributed by atoms with Crippen LogP contribution >= 0.6 is 0 Å². The molecule has 0 heterocycles. The van der Waals surface area contributed by atoms with Crippen LogP contribution in [0.2, 0.25) is 0 Å². The minimum Gasteiger partial charge on any atom is -0.493 e. The van der Waals surface area contributed by atoms with Crippen LogP contribution < -0.4 is 4.74 Å². The number of para-hydroxylation sites is 1. The predicted molar refractivity (Wildman–Crippen MR) is 84.2 cm³/mol. The molecular weight excluding hydrogens is 248 g/mol. The highest BCUT2D eigenvalue weighted by Crippen LogP contribution is 2.20. The SMILES string of the molecule is CCCCCCOc1ccccc1CCC=CCC=O. The van der Waals surface area contributed by atoms with Crippen LogP contribution in [0.4, 0.5) is 0 Å². The van der Waals surface area contributed by atoms with E-state index >= 15 is 0 Å². The molecule has 0 atom stereocenters. The summed E-state index contributed by atoms with van der Waals surface area (Å²) in [6.45, 7) is 3.02. The van der Waals surface area contributed by atoms with Crippen molar-refractivity contribution in [1.29, 1.82) is 0 Å². The summed E-state index contributed by atoms with van der Waals surface area (Å²) in [6, 6.07) is 8.24. The van der Waals surface area contributed by atoms with Crippen LogP contribution in [0.3, 0.4) is 0 Å². The van der Waals surface area contributed by atoms with Gasteiger partial charge in [-0.3, -0.25) is 0 Å². The van der Waals surface area contributed by atoms with Gasteiger partial charge in [0.2, 0.25) is 0 Å². The van der Waals surface area contributed by atoms with Crippen molar-refractivity contribution in [2.45, 2.75) is 51.9 Å². The lowest BCUT2D eigenvalue weighted by molar-refractivity contribution is -0.107. The molecule has 0 aliphatic heterocycles. The lowest BCUT2D eigenvalue weighted by Crippen LogP contribution is -2.00. The monoisotopic (exact) mass is 274 g/mol. The fourth-order valence-electron chi connectivity index (χ4n) is 2.07. The van der Waals surface area contributed by atoms with Crippen molar-refractivity contribution in [2.75, 3.05) is 6.61 Å².